The first-order valence-corrected chi connectivity index (χ1v) is 11.0. The number of fused-ring (bicyclic) bond motifs is 1. The largest absolute Gasteiger partial charge is 0.339 e. The summed E-state index contributed by atoms with van der Waals surface area (Å²) in [6.45, 7) is 9.29. The van der Waals surface area contributed by atoms with Crippen LogP contribution in [0.15, 0.2) is 48.5 Å². The SMILES string of the molecule is CC(C)N1CCN(C(=O)CN2CCc3ccccc3C2c2ccccc2Cl)CC1. The molecule has 2 aromatic rings. The van der Waals surface area contributed by atoms with Crippen molar-refractivity contribution in [1.29, 1.82) is 0 Å². The third-order valence-electron chi connectivity index (χ3n) is 6.32. The second kappa shape index (κ2) is 8.86. The van der Waals surface area contributed by atoms with E-state index in [2.05, 4.69) is 54.0 Å². The van der Waals surface area contributed by atoms with Gasteiger partial charge in [0.15, 0.2) is 0 Å². The highest BCUT2D eigenvalue weighted by Gasteiger charge is 2.32. The van der Waals surface area contributed by atoms with E-state index in [1.807, 2.05) is 23.1 Å². The molecule has 0 saturated carbocycles. The van der Waals surface area contributed by atoms with Gasteiger partial charge in [0.1, 0.15) is 0 Å². The summed E-state index contributed by atoms with van der Waals surface area (Å²) in [5, 5.41) is 0.761. The second-order valence-corrected chi connectivity index (χ2v) is 8.76. The molecule has 4 nitrogen and oxygen atoms in total. The molecule has 0 aliphatic carbocycles. The highest BCUT2D eigenvalue weighted by molar-refractivity contribution is 6.31. The Morgan fingerprint density at radius 3 is 2.31 bits per heavy atom. The highest BCUT2D eigenvalue weighted by atomic mass is 35.5. The van der Waals surface area contributed by atoms with Gasteiger partial charge in [0.2, 0.25) is 5.91 Å². The maximum Gasteiger partial charge on any atom is 0.236 e. The molecule has 0 N–H and O–H groups in total. The Morgan fingerprint density at radius 2 is 1.62 bits per heavy atom. The maximum atomic E-state index is 13.1. The van der Waals surface area contributed by atoms with E-state index in [1.165, 1.54) is 11.1 Å². The summed E-state index contributed by atoms with van der Waals surface area (Å²) in [6, 6.07) is 17.1. The molecule has 4 rings (SSSR count). The normalized spacial score (nSPS) is 20.7. The van der Waals surface area contributed by atoms with Crippen molar-refractivity contribution in [1.82, 2.24) is 14.7 Å². The molecule has 0 spiro atoms. The molecule has 1 fully saturated rings. The highest BCUT2D eigenvalue weighted by Crippen LogP contribution is 2.38. The Balaban J connectivity index is 1.55. The van der Waals surface area contributed by atoms with E-state index in [-0.39, 0.29) is 11.9 Å². The Labute approximate surface area is 179 Å². The van der Waals surface area contributed by atoms with Gasteiger partial charge < -0.3 is 4.90 Å². The van der Waals surface area contributed by atoms with Crippen LogP contribution in [0, 0.1) is 0 Å². The van der Waals surface area contributed by atoms with Crippen LogP contribution in [0.4, 0.5) is 0 Å². The minimum atomic E-state index is 0.0227. The summed E-state index contributed by atoms with van der Waals surface area (Å²) in [6.07, 6.45) is 0.964. The van der Waals surface area contributed by atoms with Crippen LogP contribution < -0.4 is 0 Å². The fourth-order valence-corrected chi connectivity index (χ4v) is 4.85. The number of halogens is 1. The third kappa shape index (κ3) is 4.35. The monoisotopic (exact) mass is 411 g/mol. The van der Waals surface area contributed by atoms with Crippen molar-refractivity contribution in [3.05, 3.63) is 70.2 Å². The number of hydrogen-bond acceptors (Lipinski definition) is 3. The van der Waals surface area contributed by atoms with Crippen molar-refractivity contribution in [2.24, 2.45) is 0 Å². The first-order chi connectivity index (χ1) is 14.0. The Hall–Kier alpha value is -1.88. The van der Waals surface area contributed by atoms with Gasteiger partial charge in [-0.2, -0.15) is 0 Å². The molecule has 2 heterocycles. The van der Waals surface area contributed by atoms with Gasteiger partial charge in [-0.15, -0.1) is 0 Å². The summed E-state index contributed by atoms with van der Waals surface area (Å²) in [5.74, 6) is 0.227. The van der Waals surface area contributed by atoms with Crippen LogP contribution in [0.5, 0.6) is 0 Å². The zero-order chi connectivity index (χ0) is 20.4. The van der Waals surface area contributed by atoms with Crippen LogP contribution in [0.3, 0.4) is 0 Å². The first-order valence-electron chi connectivity index (χ1n) is 10.6. The number of rotatable bonds is 4. The van der Waals surface area contributed by atoms with E-state index in [0.29, 0.717) is 12.6 Å². The summed E-state index contributed by atoms with van der Waals surface area (Å²) in [7, 11) is 0. The molecular weight excluding hydrogens is 382 g/mol. The van der Waals surface area contributed by atoms with Crippen LogP contribution >= 0.6 is 11.6 Å². The van der Waals surface area contributed by atoms with Gasteiger partial charge in [-0.05, 0) is 43.0 Å². The summed E-state index contributed by atoms with van der Waals surface area (Å²) in [4.78, 5) is 19.9. The fraction of sp³-hybridized carbons (Fsp3) is 0.458. The van der Waals surface area contributed by atoms with Crippen LogP contribution in [-0.2, 0) is 11.2 Å². The molecule has 1 unspecified atom stereocenters. The van der Waals surface area contributed by atoms with Gasteiger partial charge in [0.25, 0.3) is 0 Å². The predicted octanol–water partition coefficient (Wildman–Crippen LogP) is 3.84. The summed E-state index contributed by atoms with van der Waals surface area (Å²) < 4.78 is 0. The predicted molar refractivity (Wildman–Crippen MR) is 118 cm³/mol. The minimum absolute atomic E-state index is 0.0227. The Bertz CT molecular complexity index is 861. The zero-order valence-electron chi connectivity index (χ0n) is 17.4. The molecule has 1 saturated heterocycles. The van der Waals surface area contributed by atoms with E-state index in [1.54, 1.807) is 0 Å². The zero-order valence-corrected chi connectivity index (χ0v) is 18.1. The first kappa shape index (κ1) is 20.4. The number of piperazine rings is 1. The molecule has 5 heteroatoms. The Kier molecular flexibility index (Phi) is 6.23. The van der Waals surface area contributed by atoms with Gasteiger partial charge in [0.05, 0.1) is 12.6 Å². The van der Waals surface area contributed by atoms with E-state index < -0.39 is 0 Å². The molecule has 1 atom stereocenters. The number of carbonyl (C=O) groups excluding carboxylic acids is 1. The number of amides is 1. The van der Waals surface area contributed by atoms with E-state index in [4.69, 9.17) is 11.6 Å². The number of carbonyl (C=O) groups is 1. The van der Waals surface area contributed by atoms with Crippen molar-refractivity contribution in [2.45, 2.75) is 32.4 Å². The van der Waals surface area contributed by atoms with Crippen LogP contribution in [0.1, 0.15) is 36.6 Å². The summed E-state index contributed by atoms with van der Waals surface area (Å²) >= 11 is 6.59. The quantitative estimate of drug-likeness (QED) is 0.764. The van der Waals surface area contributed by atoms with Crippen molar-refractivity contribution in [2.75, 3.05) is 39.3 Å². The fourth-order valence-electron chi connectivity index (χ4n) is 4.61. The number of hydrogen-bond donors (Lipinski definition) is 0. The molecule has 1 amide bonds. The lowest BCUT2D eigenvalue weighted by molar-refractivity contribution is -0.135. The van der Waals surface area contributed by atoms with E-state index in [9.17, 15) is 4.79 Å². The average molecular weight is 412 g/mol. The number of nitrogens with zero attached hydrogens (tertiary/aromatic N) is 3. The van der Waals surface area contributed by atoms with Crippen molar-refractivity contribution < 1.29 is 4.79 Å². The van der Waals surface area contributed by atoms with Crippen LogP contribution in [0.2, 0.25) is 5.02 Å². The van der Waals surface area contributed by atoms with Crippen molar-refractivity contribution >= 4 is 17.5 Å². The van der Waals surface area contributed by atoms with Gasteiger partial charge in [0, 0.05) is 43.8 Å². The van der Waals surface area contributed by atoms with Gasteiger partial charge in [-0.25, -0.2) is 0 Å². The van der Waals surface area contributed by atoms with Gasteiger partial charge in [-0.3, -0.25) is 14.6 Å². The van der Waals surface area contributed by atoms with Crippen LogP contribution in [0.25, 0.3) is 0 Å². The lowest BCUT2D eigenvalue weighted by atomic mass is 9.88. The molecule has 2 aromatic carbocycles. The molecule has 2 aliphatic rings. The topological polar surface area (TPSA) is 26.8 Å². The number of benzene rings is 2. The molecule has 0 bridgehead atoms. The molecule has 154 valence electrons. The van der Waals surface area contributed by atoms with Crippen molar-refractivity contribution in [3.8, 4) is 0 Å². The molecule has 2 aliphatic heterocycles. The standard InChI is InChI=1S/C24H30ClN3O/c1-18(2)26-13-15-27(16-14-26)23(29)17-28-12-11-19-7-3-4-8-20(19)24(28)21-9-5-6-10-22(21)25/h3-10,18,24H,11-17H2,1-2H3. The molecule has 0 aromatic heterocycles. The Morgan fingerprint density at radius 1 is 0.966 bits per heavy atom. The molecule has 0 radical (unpaired) electrons. The van der Waals surface area contributed by atoms with Crippen LogP contribution in [-0.4, -0.2) is 65.9 Å². The van der Waals surface area contributed by atoms with Crippen molar-refractivity contribution in [3.63, 3.8) is 0 Å². The van der Waals surface area contributed by atoms with Gasteiger partial charge >= 0.3 is 0 Å². The van der Waals surface area contributed by atoms with Gasteiger partial charge in [-0.1, -0.05) is 54.1 Å². The minimum Gasteiger partial charge on any atom is -0.339 e. The molecule has 29 heavy (non-hydrogen) atoms. The third-order valence-corrected chi connectivity index (χ3v) is 6.66. The maximum absolute atomic E-state index is 13.1. The lowest BCUT2D eigenvalue weighted by Crippen LogP contribution is -2.53. The summed E-state index contributed by atoms with van der Waals surface area (Å²) in [5.41, 5.74) is 3.70. The second-order valence-electron chi connectivity index (χ2n) is 8.35. The smallest absolute Gasteiger partial charge is 0.236 e. The van der Waals surface area contributed by atoms with E-state index in [0.717, 1.165) is 49.7 Å². The average Bonchev–Trinajstić information content (AvgIpc) is 2.74. The molecular formula is C24H30ClN3O. The van der Waals surface area contributed by atoms with E-state index >= 15 is 0 Å². The lowest BCUT2D eigenvalue weighted by Gasteiger charge is -2.40.